The monoisotopic (exact) mass is 226 g/mol. The molecule has 0 amide bonds. The minimum Gasteiger partial charge on any atom is -0.390 e. The Kier molecular flexibility index (Phi) is 4.82. The Balaban J connectivity index is 2.05. The Labute approximate surface area is 87.3 Å². The normalized spacial score (nSPS) is 20.8. The van der Waals surface area contributed by atoms with Gasteiger partial charge < -0.3 is 15.3 Å². The number of halogens is 3. The number of nitrogens with zero attached hydrogens (tertiary/aromatic N) is 1. The lowest BCUT2D eigenvalue weighted by Gasteiger charge is -2.19. The Morgan fingerprint density at radius 3 is 2.40 bits per heavy atom. The van der Waals surface area contributed by atoms with Crippen molar-refractivity contribution in [3.8, 4) is 0 Å². The molecule has 0 aromatic heterocycles. The van der Waals surface area contributed by atoms with E-state index in [1.807, 2.05) is 0 Å². The van der Waals surface area contributed by atoms with Crippen LogP contribution >= 0.6 is 0 Å². The maximum atomic E-state index is 11.8. The molecule has 0 aromatic carbocycles. The van der Waals surface area contributed by atoms with Crippen molar-refractivity contribution in [1.29, 1.82) is 0 Å². The third kappa shape index (κ3) is 5.96. The number of β-amino-alcohol motifs (C(OH)–C–C–N with tert-alkyl or cyclic N) is 1. The average Bonchev–Trinajstić information content (AvgIpc) is 2.54. The van der Waals surface area contributed by atoms with Gasteiger partial charge in [-0.25, -0.2) is 0 Å². The van der Waals surface area contributed by atoms with E-state index >= 15 is 0 Å². The van der Waals surface area contributed by atoms with E-state index in [2.05, 4.69) is 10.2 Å². The van der Waals surface area contributed by atoms with E-state index in [0.717, 1.165) is 25.9 Å². The first kappa shape index (κ1) is 12.7. The van der Waals surface area contributed by atoms with E-state index in [-0.39, 0.29) is 6.54 Å². The SMILES string of the molecule is OC(CNCC(F)(F)F)CN1CCCC1. The molecule has 0 spiro atoms. The standard InChI is InChI=1S/C9H17F3N2O/c10-9(11,12)7-13-5-8(15)6-14-3-1-2-4-14/h8,13,15H,1-7H2. The van der Waals surface area contributed by atoms with Gasteiger partial charge in [0.05, 0.1) is 12.6 Å². The quantitative estimate of drug-likeness (QED) is 0.720. The predicted octanol–water partition coefficient (Wildman–Crippen LogP) is 0.595. The van der Waals surface area contributed by atoms with Gasteiger partial charge in [0, 0.05) is 13.1 Å². The topological polar surface area (TPSA) is 35.5 Å². The van der Waals surface area contributed by atoms with Crippen LogP contribution in [0.2, 0.25) is 0 Å². The van der Waals surface area contributed by atoms with E-state index in [4.69, 9.17) is 0 Å². The molecule has 0 radical (unpaired) electrons. The van der Waals surface area contributed by atoms with E-state index in [1.54, 1.807) is 0 Å². The van der Waals surface area contributed by atoms with Gasteiger partial charge in [0.1, 0.15) is 0 Å². The summed E-state index contributed by atoms with van der Waals surface area (Å²) in [6, 6.07) is 0. The van der Waals surface area contributed by atoms with Gasteiger partial charge in [-0.1, -0.05) is 0 Å². The molecule has 1 aliphatic heterocycles. The van der Waals surface area contributed by atoms with E-state index in [1.165, 1.54) is 0 Å². The molecule has 1 unspecified atom stereocenters. The van der Waals surface area contributed by atoms with Crippen molar-refractivity contribution in [3.05, 3.63) is 0 Å². The van der Waals surface area contributed by atoms with Crippen LogP contribution in [0.1, 0.15) is 12.8 Å². The van der Waals surface area contributed by atoms with Crippen molar-refractivity contribution >= 4 is 0 Å². The number of hydrogen-bond donors (Lipinski definition) is 2. The molecule has 1 heterocycles. The smallest absolute Gasteiger partial charge is 0.390 e. The van der Waals surface area contributed by atoms with Crippen molar-refractivity contribution in [2.24, 2.45) is 0 Å². The number of rotatable bonds is 5. The summed E-state index contributed by atoms with van der Waals surface area (Å²) < 4.78 is 35.3. The lowest BCUT2D eigenvalue weighted by molar-refractivity contribution is -0.125. The fraction of sp³-hybridized carbons (Fsp3) is 1.00. The van der Waals surface area contributed by atoms with Crippen molar-refractivity contribution in [2.75, 3.05) is 32.7 Å². The molecule has 1 fully saturated rings. The number of alkyl halides is 3. The van der Waals surface area contributed by atoms with E-state index in [9.17, 15) is 18.3 Å². The van der Waals surface area contributed by atoms with Crippen LogP contribution < -0.4 is 5.32 Å². The molecule has 1 atom stereocenters. The highest BCUT2D eigenvalue weighted by atomic mass is 19.4. The first-order chi connectivity index (χ1) is 6.97. The van der Waals surface area contributed by atoms with Crippen molar-refractivity contribution in [1.82, 2.24) is 10.2 Å². The largest absolute Gasteiger partial charge is 0.401 e. The van der Waals surface area contributed by atoms with Gasteiger partial charge in [-0.15, -0.1) is 0 Å². The van der Waals surface area contributed by atoms with Gasteiger partial charge in [-0.3, -0.25) is 0 Å². The van der Waals surface area contributed by atoms with Crippen molar-refractivity contribution < 1.29 is 18.3 Å². The third-order valence-electron chi connectivity index (χ3n) is 2.37. The van der Waals surface area contributed by atoms with E-state index < -0.39 is 18.8 Å². The number of likely N-dealkylation sites (tertiary alicyclic amines) is 1. The highest BCUT2D eigenvalue weighted by Crippen LogP contribution is 2.12. The molecule has 15 heavy (non-hydrogen) atoms. The molecular weight excluding hydrogens is 209 g/mol. The Hall–Kier alpha value is -0.330. The van der Waals surface area contributed by atoms with Crippen molar-refractivity contribution in [2.45, 2.75) is 25.1 Å². The Morgan fingerprint density at radius 2 is 1.87 bits per heavy atom. The summed E-state index contributed by atoms with van der Waals surface area (Å²) in [5.41, 5.74) is 0. The molecule has 1 saturated heterocycles. The highest BCUT2D eigenvalue weighted by Gasteiger charge is 2.26. The molecule has 2 N–H and O–H groups in total. The first-order valence-corrected chi connectivity index (χ1v) is 5.15. The molecule has 1 aliphatic rings. The minimum absolute atomic E-state index is 0.00396. The summed E-state index contributed by atoms with van der Waals surface area (Å²) in [6.45, 7) is 1.30. The third-order valence-corrected chi connectivity index (χ3v) is 2.37. The number of nitrogens with one attached hydrogen (secondary N) is 1. The summed E-state index contributed by atoms with van der Waals surface area (Å²) in [5.74, 6) is 0. The summed E-state index contributed by atoms with van der Waals surface area (Å²) in [7, 11) is 0. The number of aliphatic hydroxyl groups is 1. The second kappa shape index (κ2) is 5.67. The second-order valence-corrected chi connectivity index (χ2v) is 3.91. The lowest BCUT2D eigenvalue weighted by Crippen LogP contribution is -2.40. The van der Waals surface area contributed by atoms with Gasteiger partial charge in [0.2, 0.25) is 0 Å². The maximum absolute atomic E-state index is 11.8. The fourth-order valence-corrected chi connectivity index (χ4v) is 1.71. The lowest BCUT2D eigenvalue weighted by atomic mass is 10.3. The first-order valence-electron chi connectivity index (χ1n) is 5.15. The molecule has 0 saturated carbocycles. The van der Waals surface area contributed by atoms with Crippen LogP contribution in [0.4, 0.5) is 13.2 Å². The highest BCUT2D eigenvalue weighted by molar-refractivity contribution is 4.72. The van der Waals surface area contributed by atoms with Crippen LogP contribution in [-0.4, -0.2) is 55.0 Å². The minimum atomic E-state index is -4.20. The maximum Gasteiger partial charge on any atom is 0.401 e. The van der Waals surface area contributed by atoms with Crippen LogP contribution in [-0.2, 0) is 0 Å². The molecule has 6 heteroatoms. The van der Waals surface area contributed by atoms with Gasteiger partial charge in [0.15, 0.2) is 0 Å². The molecule has 0 bridgehead atoms. The fourth-order valence-electron chi connectivity index (χ4n) is 1.71. The van der Waals surface area contributed by atoms with Crippen molar-refractivity contribution in [3.63, 3.8) is 0 Å². The molecule has 0 aliphatic carbocycles. The summed E-state index contributed by atoms with van der Waals surface area (Å²) in [4.78, 5) is 2.07. The Morgan fingerprint density at radius 1 is 1.27 bits per heavy atom. The summed E-state index contributed by atoms with van der Waals surface area (Å²) >= 11 is 0. The molecule has 0 aromatic rings. The summed E-state index contributed by atoms with van der Waals surface area (Å²) in [6.07, 6.45) is -2.69. The number of aliphatic hydroxyl groups excluding tert-OH is 1. The average molecular weight is 226 g/mol. The molecule has 3 nitrogen and oxygen atoms in total. The van der Waals surface area contributed by atoms with Crippen LogP contribution in [0.3, 0.4) is 0 Å². The van der Waals surface area contributed by atoms with Crippen LogP contribution in [0.25, 0.3) is 0 Å². The zero-order valence-corrected chi connectivity index (χ0v) is 8.56. The van der Waals surface area contributed by atoms with E-state index in [0.29, 0.717) is 6.54 Å². The Bertz CT molecular complexity index is 181. The summed E-state index contributed by atoms with van der Waals surface area (Å²) in [5, 5.41) is 11.6. The van der Waals surface area contributed by atoms with Gasteiger partial charge in [0.25, 0.3) is 0 Å². The zero-order chi connectivity index (χ0) is 11.3. The molecule has 1 rings (SSSR count). The van der Waals surface area contributed by atoms with Gasteiger partial charge >= 0.3 is 6.18 Å². The number of hydrogen-bond acceptors (Lipinski definition) is 3. The van der Waals surface area contributed by atoms with Gasteiger partial charge in [-0.05, 0) is 25.9 Å². The predicted molar refractivity (Wildman–Crippen MR) is 50.6 cm³/mol. The van der Waals surface area contributed by atoms with Gasteiger partial charge in [-0.2, -0.15) is 13.2 Å². The zero-order valence-electron chi connectivity index (χ0n) is 8.56. The molecular formula is C9H17F3N2O. The second-order valence-electron chi connectivity index (χ2n) is 3.91. The van der Waals surface area contributed by atoms with Crippen LogP contribution in [0.15, 0.2) is 0 Å². The van der Waals surface area contributed by atoms with Crippen LogP contribution in [0, 0.1) is 0 Å². The molecule has 90 valence electrons. The van der Waals surface area contributed by atoms with Crippen LogP contribution in [0.5, 0.6) is 0 Å².